The summed E-state index contributed by atoms with van der Waals surface area (Å²) in [4.78, 5) is 16.8. The van der Waals surface area contributed by atoms with Gasteiger partial charge in [0, 0.05) is 16.9 Å². The maximum absolute atomic E-state index is 12.1. The summed E-state index contributed by atoms with van der Waals surface area (Å²) in [6.07, 6.45) is 0. The number of thioether (sulfide) groups is 1. The van der Waals surface area contributed by atoms with Crippen LogP contribution in [0.5, 0.6) is 0 Å². The Bertz CT molecular complexity index is 741. The Labute approximate surface area is 140 Å². The second-order valence-electron chi connectivity index (χ2n) is 5.85. The first-order valence-electron chi connectivity index (χ1n) is 7.49. The lowest BCUT2D eigenvalue weighted by molar-refractivity contribution is -0.113. The van der Waals surface area contributed by atoms with E-state index in [9.17, 15) is 4.79 Å². The van der Waals surface area contributed by atoms with E-state index in [0.717, 1.165) is 22.0 Å². The minimum absolute atomic E-state index is 0.0299. The summed E-state index contributed by atoms with van der Waals surface area (Å²) in [5.74, 6) is 0.302. The zero-order chi connectivity index (χ0) is 16.3. The molecule has 0 saturated carbocycles. The van der Waals surface area contributed by atoms with Gasteiger partial charge in [0.05, 0.1) is 5.75 Å². The monoisotopic (exact) mass is 325 g/mol. The van der Waals surface area contributed by atoms with E-state index in [1.54, 1.807) is 0 Å². The molecule has 0 atom stereocenters. The molecule has 1 heterocycles. The Balaban J connectivity index is 1.69. The fraction of sp³-hybridized carbons (Fsp3) is 0.222. The van der Waals surface area contributed by atoms with Crippen molar-refractivity contribution in [2.75, 3.05) is 16.4 Å². The lowest BCUT2D eigenvalue weighted by Gasteiger charge is -2.30. The number of rotatable bonds is 3. The zero-order valence-corrected chi connectivity index (χ0v) is 14.0. The van der Waals surface area contributed by atoms with E-state index in [0.29, 0.717) is 5.75 Å². The molecular weight excluding hydrogens is 306 g/mol. The van der Waals surface area contributed by atoms with Gasteiger partial charge in [-0.2, -0.15) is 0 Å². The first kappa shape index (κ1) is 15.6. The summed E-state index contributed by atoms with van der Waals surface area (Å²) in [6, 6.07) is 17.5. The largest absolute Gasteiger partial charge is 0.361 e. The number of para-hydroxylation sites is 2. The number of hydrogen-bond acceptors (Lipinski definition) is 4. The number of carbonyl (C=O) groups is 1. The number of carbonyl (C=O) groups excluding carboxylic acids is 1. The van der Waals surface area contributed by atoms with Gasteiger partial charge in [0.1, 0.15) is 10.7 Å². The Kier molecular flexibility index (Phi) is 4.39. The van der Waals surface area contributed by atoms with Gasteiger partial charge < -0.3 is 10.6 Å². The minimum atomic E-state index is -0.368. The fourth-order valence-electron chi connectivity index (χ4n) is 2.41. The zero-order valence-electron chi connectivity index (χ0n) is 13.2. The molecule has 2 N–H and O–H groups in total. The highest BCUT2D eigenvalue weighted by atomic mass is 32.2. The molecule has 1 amide bonds. The normalized spacial score (nSPS) is 15.1. The van der Waals surface area contributed by atoms with E-state index in [2.05, 4.69) is 10.6 Å². The number of amides is 1. The van der Waals surface area contributed by atoms with Crippen LogP contribution in [0.15, 0.2) is 59.6 Å². The molecule has 4 nitrogen and oxygen atoms in total. The standard InChI is InChI=1S/C18H19N3OS/c1-18(2)20-15-11-7-6-10-14(15)17(21-18)23-12-16(22)19-13-8-4-3-5-9-13/h3-11,20H,12H2,1-2H3,(H,19,22). The van der Waals surface area contributed by atoms with Gasteiger partial charge in [-0.3, -0.25) is 9.79 Å². The third-order valence-corrected chi connectivity index (χ3v) is 4.37. The number of anilines is 2. The third-order valence-electron chi connectivity index (χ3n) is 3.38. The van der Waals surface area contributed by atoms with Crippen LogP contribution in [0.25, 0.3) is 0 Å². The van der Waals surface area contributed by atoms with Gasteiger partial charge in [-0.15, -0.1) is 0 Å². The van der Waals surface area contributed by atoms with E-state index >= 15 is 0 Å². The van der Waals surface area contributed by atoms with Crippen LogP contribution in [-0.2, 0) is 4.79 Å². The van der Waals surface area contributed by atoms with E-state index in [1.807, 2.05) is 68.4 Å². The molecule has 23 heavy (non-hydrogen) atoms. The highest BCUT2D eigenvalue weighted by Gasteiger charge is 2.25. The molecule has 118 valence electrons. The predicted molar refractivity (Wildman–Crippen MR) is 98.2 cm³/mol. The summed E-state index contributed by atoms with van der Waals surface area (Å²) in [6.45, 7) is 4.04. The van der Waals surface area contributed by atoms with Crippen molar-refractivity contribution in [1.82, 2.24) is 0 Å². The molecule has 2 aromatic rings. The van der Waals surface area contributed by atoms with Crippen molar-refractivity contribution < 1.29 is 4.79 Å². The van der Waals surface area contributed by atoms with E-state index < -0.39 is 0 Å². The van der Waals surface area contributed by atoms with Gasteiger partial charge in [0.15, 0.2) is 0 Å². The van der Waals surface area contributed by atoms with Crippen molar-refractivity contribution in [1.29, 1.82) is 0 Å². The molecule has 0 radical (unpaired) electrons. The predicted octanol–water partition coefficient (Wildman–Crippen LogP) is 3.97. The Morgan fingerprint density at radius 3 is 2.61 bits per heavy atom. The highest BCUT2D eigenvalue weighted by Crippen LogP contribution is 2.31. The fourth-order valence-corrected chi connectivity index (χ4v) is 3.38. The average molecular weight is 325 g/mol. The Hall–Kier alpha value is -2.27. The molecule has 1 aliphatic rings. The number of nitrogens with zero attached hydrogens (tertiary/aromatic N) is 1. The van der Waals surface area contributed by atoms with E-state index in [-0.39, 0.29) is 11.6 Å². The van der Waals surface area contributed by atoms with Gasteiger partial charge in [-0.1, -0.05) is 48.2 Å². The van der Waals surface area contributed by atoms with Crippen molar-refractivity contribution in [3.05, 3.63) is 60.2 Å². The average Bonchev–Trinajstić information content (AvgIpc) is 2.52. The highest BCUT2D eigenvalue weighted by molar-refractivity contribution is 8.15. The van der Waals surface area contributed by atoms with Crippen LogP contribution in [-0.4, -0.2) is 22.4 Å². The number of hydrogen-bond donors (Lipinski definition) is 2. The maximum atomic E-state index is 12.1. The summed E-state index contributed by atoms with van der Waals surface area (Å²) in [5, 5.41) is 7.18. The van der Waals surface area contributed by atoms with Crippen molar-refractivity contribution in [2.45, 2.75) is 19.5 Å². The molecule has 0 spiro atoms. The topological polar surface area (TPSA) is 53.5 Å². The molecule has 5 heteroatoms. The smallest absolute Gasteiger partial charge is 0.234 e. The summed E-state index contributed by atoms with van der Waals surface area (Å²) >= 11 is 1.47. The van der Waals surface area contributed by atoms with Gasteiger partial charge in [0.25, 0.3) is 0 Å². The second-order valence-corrected chi connectivity index (χ2v) is 6.81. The number of aliphatic imine (C=N–C) groups is 1. The summed E-state index contributed by atoms with van der Waals surface area (Å²) < 4.78 is 0. The van der Waals surface area contributed by atoms with Crippen molar-refractivity contribution >= 4 is 34.1 Å². The SMILES string of the molecule is CC1(C)N=C(SCC(=O)Nc2ccccc2)c2ccccc2N1. The lowest BCUT2D eigenvalue weighted by Crippen LogP contribution is -2.34. The molecule has 2 aromatic carbocycles. The molecule has 1 aliphatic heterocycles. The third kappa shape index (κ3) is 3.93. The van der Waals surface area contributed by atoms with Gasteiger partial charge in [-0.25, -0.2) is 0 Å². The van der Waals surface area contributed by atoms with Crippen LogP contribution in [0, 0.1) is 0 Å². The van der Waals surface area contributed by atoms with Crippen LogP contribution in [0.2, 0.25) is 0 Å². The Morgan fingerprint density at radius 2 is 1.83 bits per heavy atom. The van der Waals surface area contributed by atoms with Crippen molar-refractivity contribution in [3.8, 4) is 0 Å². The molecule has 0 fully saturated rings. The first-order valence-corrected chi connectivity index (χ1v) is 8.47. The van der Waals surface area contributed by atoms with Crippen LogP contribution in [0.4, 0.5) is 11.4 Å². The van der Waals surface area contributed by atoms with Crippen LogP contribution < -0.4 is 10.6 Å². The van der Waals surface area contributed by atoms with Gasteiger partial charge in [-0.05, 0) is 32.0 Å². The van der Waals surface area contributed by atoms with Crippen molar-refractivity contribution in [2.24, 2.45) is 4.99 Å². The van der Waals surface area contributed by atoms with Crippen LogP contribution >= 0.6 is 11.8 Å². The number of benzene rings is 2. The summed E-state index contributed by atoms with van der Waals surface area (Å²) in [7, 11) is 0. The summed E-state index contributed by atoms with van der Waals surface area (Å²) in [5.41, 5.74) is 2.54. The molecule has 0 aromatic heterocycles. The molecular formula is C18H19N3OS. The number of nitrogens with one attached hydrogen (secondary N) is 2. The van der Waals surface area contributed by atoms with Gasteiger partial charge >= 0.3 is 0 Å². The molecule has 0 unspecified atom stereocenters. The minimum Gasteiger partial charge on any atom is -0.361 e. The lowest BCUT2D eigenvalue weighted by atomic mass is 10.1. The van der Waals surface area contributed by atoms with E-state index in [4.69, 9.17) is 4.99 Å². The molecule has 3 rings (SSSR count). The van der Waals surface area contributed by atoms with Crippen LogP contribution in [0.1, 0.15) is 19.4 Å². The Morgan fingerprint density at radius 1 is 1.13 bits per heavy atom. The first-order chi connectivity index (χ1) is 11.0. The van der Waals surface area contributed by atoms with E-state index in [1.165, 1.54) is 11.8 Å². The van der Waals surface area contributed by atoms with Gasteiger partial charge in [0.2, 0.25) is 5.91 Å². The quantitative estimate of drug-likeness (QED) is 0.898. The van der Waals surface area contributed by atoms with Crippen molar-refractivity contribution in [3.63, 3.8) is 0 Å². The second kappa shape index (κ2) is 6.46. The van der Waals surface area contributed by atoms with Crippen LogP contribution in [0.3, 0.4) is 0 Å². The molecule has 0 bridgehead atoms. The number of fused-ring (bicyclic) bond motifs is 1. The molecule has 0 aliphatic carbocycles. The maximum Gasteiger partial charge on any atom is 0.234 e. The molecule has 0 saturated heterocycles.